The number of hydrogen-bond donors (Lipinski definition) is 1. The molecule has 4 heteroatoms. The molecule has 0 aliphatic rings. The van der Waals surface area contributed by atoms with E-state index >= 15 is 0 Å². The van der Waals surface area contributed by atoms with Gasteiger partial charge < -0.3 is 10.1 Å². The van der Waals surface area contributed by atoms with Crippen molar-refractivity contribution in [2.24, 2.45) is 0 Å². The van der Waals surface area contributed by atoms with Crippen LogP contribution in [0.3, 0.4) is 0 Å². The second kappa shape index (κ2) is 6.58. The number of hydrogen-bond acceptors (Lipinski definition) is 3. The van der Waals surface area contributed by atoms with E-state index in [1.807, 2.05) is 10.9 Å². The predicted octanol–water partition coefficient (Wildman–Crippen LogP) is 1.42. The van der Waals surface area contributed by atoms with Crippen molar-refractivity contribution in [2.75, 3.05) is 13.7 Å². The van der Waals surface area contributed by atoms with Gasteiger partial charge in [0.1, 0.15) is 0 Å². The van der Waals surface area contributed by atoms with Crippen LogP contribution in [0, 0.1) is 0 Å². The quantitative estimate of drug-likeness (QED) is 0.741. The highest BCUT2D eigenvalue weighted by Crippen LogP contribution is 2.00. The Bertz CT molecular complexity index is 273. The predicted molar refractivity (Wildman–Crippen MR) is 60.7 cm³/mol. The van der Waals surface area contributed by atoms with E-state index in [1.54, 1.807) is 7.11 Å². The van der Waals surface area contributed by atoms with Gasteiger partial charge >= 0.3 is 0 Å². The van der Waals surface area contributed by atoms with Gasteiger partial charge in [-0.05, 0) is 26.3 Å². The molecular weight excluding hydrogens is 190 g/mol. The highest BCUT2D eigenvalue weighted by molar-refractivity contribution is 5.00. The molecule has 1 aromatic rings. The lowest BCUT2D eigenvalue weighted by molar-refractivity contribution is 0.184. The molecule has 1 unspecified atom stereocenters. The second-order valence-corrected chi connectivity index (χ2v) is 3.70. The minimum absolute atomic E-state index is 0.477. The molecule has 15 heavy (non-hydrogen) atoms. The van der Waals surface area contributed by atoms with Gasteiger partial charge in [-0.1, -0.05) is 0 Å². The molecular formula is C11H21N3O. The van der Waals surface area contributed by atoms with Crippen molar-refractivity contribution in [3.05, 3.63) is 18.0 Å². The van der Waals surface area contributed by atoms with Crippen LogP contribution in [-0.4, -0.2) is 29.5 Å². The summed E-state index contributed by atoms with van der Waals surface area (Å²) in [7, 11) is 1.73. The Morgan fingerprint density at radius 3 is 3.07 bits per heavy atom. The number of aryl methyl sites for hydroxylation is 1. The fourth-order valence-corrected chi connectivity index (χ4v) is 1.47. The zero-order chi connectivity index (χ0) is 11.1. The molecule has 4 nitrogen and oxygen atoms in total. The van der Waals surface area contributed by atoms with E-state index in [9.17, 15) is 0 Å². The second-order valence-electron chi connectivity index (χ2n) is 3.70. The van der Waals surface area contributed by atoms with Gasteiger partial charge in [-0.25, -0.2) is 0 Å². The van der Waals surface area contributed by atoms with Crippen molar-refractivity contribution in [2.45, 2.75) is 39.4 Å². The summed E-state index contributed by atoms with van der Waals surface area (Å²) >= 11 is 0. The number of rotatable bonds is 7. The first kappa shape index (κ1) is 12.2. The Morgan fingerprint density at radius 2 is 2.40 bits per heavy atom. The Hall–Kier alpha value is -0.870. The summed E-state index contributed by atoms with van der Waals surface area (Å²) in [4.78, 5) is 0. The molecule has 0 saturated carbocycles. The molecule has 1 aromatic heterocycles. The molecule has 0 aliphatic heterocycles. The highest BCUT2D eigenvalue weighted by Gasteiger charge is 2.03. The maximum atomic E-state index is 5.04. The first-order valence-electron chi connectivity index (χ1n) is 5.51. The van der Waals surface area contributed by atoms with Crippen molar-refractivity contribution in [1.29, 1.82) is 0 Å². The van der Waals surface area contributed by atoms with E-state index in [1.165, 1.54) is 5.69 Å². The van der Waals surface area contributed by atoms with Gasteiger partial charge in [0.25, 0.3) is 0 Å². The average Bonchev–Trinajstić information content (AvgIpc) is 2.70. The minimum atomic E-state index is 0.477. The van der Waals surface area contributed by atoms with Crippen molar-refractivity contribution in [3.8, 4) is 0 Å². The Morgan fingerprint density at radius 1 is 1.60 bits per heavy atom. The van der Waals surface area contributed by atoms with Crippen LogP contribution in [0.25, 0.3) is 0 Å². The van der Waals surface area contributed by atoms with E-state index in [2.05, 4.69) is 30.3 Å². The van der Waals surface area contributed by atoms with Gasteiger partial charge in [0.05, 0.1) is 5.69 Å². The van der Waals surface area contributed by atoms with E-state index in [0.717, 1.165) is 26.1 Å². The van der Waals surface area contributed by atoms with Gasteiger partial charge in [-0.2, -0.15) is 5.10 Å². The van der Waals surface area contributed by atoms with E-state index in [4.69, 9.17) is 4.74 Å². The Labute approximate surface area is 91.6 Å². The van der Waals surface area contributed by atoms with E-state index in [-0.39, 0.29) is 0 Å². The molecule has 0 radical (unpaired) electrons. The Balaban J connectivity index is 2.30. The van der Waals surface area contributed by atoms with Crippen LogP contribution in [0.5, 0.6) is 0 Å². The zero-order valence-corrected chi connectivity index (χ0v) is 9.86. The van der Waals surface area contributed by atoms with Crippen LogP contribution in [0.4, 0.5) is 0 Å². The third-order valence-corrected chi connectivity index (χ3v) is 2.49. The van der Waals surface area contributed by atoms with E-state index in [0.29, 0.717) is 6.04 Å². The summed E-state index contributed by atoms with van der Waals surface area (Å²) < 4.78 is 7.05. The van der Waals surface area contributed by atoms with Crippen molar-refractivity contribution in [1.82, 2.24) is 15.1 Å². The smallest absolute Gasteiger partial charge is 0.0522 e. The largest absolute Gasteiger partial charge is 0.385 e. The Kier molecular flexibility index (Phi) is 5.36. The lowest BCUT2D eigenvalue weighted by atomic mass is 10.2. The summed E-state index contributed by atoms with van der Waals surface area (Å²) in [6, 6.07) is 2.53. The first-order valence-corrected chi connectivity index (χ1v) is 5.51. The number of methoxy groups -OCH3 is 1. The van der Waals surface area contributed by atoms with E-state index < -0.39 is 0 Å². The van der Waals surface area contributed by atoms with Crippen LogP contribution in [0.1, 0.15) is 26.0 Å². The number of nitrogens with zero attached hydrogens (tertiary/aromatic N) is 2. The highest BCUT2D eigenvalue weighted by atomic mass is 16.5. The normalized spacial score (nSPS) is 13.0. The van der Waals surface area contributed by atoms with Crippen LogP contribution < -0.4 is 5.32 Å². The molecule has 0 fully saturated rings. The molecule has 0 spiro atoms. The van der Waals surface area contributed by atoms with Gasteiger partial charge in [0.15, 0.2) is 0 Å². The zero-order valence-electron chi connectivity index (χ0n) is 9.86. The lowest BCUT2D eigenvalue weighted by Crippen LogP contribution is -2.27. The monoisotopic (exact) mass is 211 g/mol. The minimum Gasteiger partial charge on any atom is -0.385 e. The van der Waals surface area contributed by atoms with Crippen LogP contribution in [0.2, 0.25) is 0 Å². The summed E-state index contributed by atoms with van der Waals surface area (Å²) in [6.07, 6.45) is 2.89. The third-order valence-electron chi connectivity index (χ3n) is 2.49. The van der Waals surface area contributed by atoms with Crippen molar-refractivity contribution in [3.63, 3.8) is 0 Å². The molecule has 0 saturated heterocycles. The molecule has 1 atom stereocenters. The lowest BCUT2D eigenvalue weighted by Gasteiger charge is -2.13. The number of nitrogens with one attached hydrogen (secondary N) is 1. The van der Waals surface area contributed by atoms with Gasteiger partial charge in [-0.3, -0.25) is 4.68 Å². The summed E-state index contributed by atoms with van der Waals surface area (Å²) in [5, 5.41) is 7.68. The summed E-state index contributed by atoms with van der Waals surface area (Å²) in [5.41, 5.74) is 1.24. The standard InChI is InChI=1S/C11H21N3O/c1-4-14-11(5-7-13-14)9-12-10(2)6-8-15-3/h5,7,10,12H,4,6,8-9H2,1-3H3. The maximum Gasteiger partial charge on any atom is 0.0522 e. The molecule has 1 N–H and O–H groups in total. The molecule has 0 bridgehead atoms. The van der Waals surface area contributed by atoms with Gasteiger partial charge in [-0.15, -0.1) is 0 Å². The average molecular weight is 211 g/mol. The molecule has 1 heterocycles. The first-order chi connectivity index (χ1) is 7.27. The van der Waals surface area contributed by atoms with Gasteiger partial charge in [0.2, 0.25) is 0 Å². The van der Waals surface area contributed by atoms with Crippen LogP contribution in [0.15, 0.2) is 12.3 Å². The molecule has 1 rings (SSSR count). The molecule has 86 valence electrons. The SMILES string of the molecule is CCn1nccc1CNC(C)CCOC. The molecule has 0 aliphatic carbocycles. The number of aromatic nitrogens is 2. The topological polar surface area (TPSA) is 39.1 Å². The van der Waals surface area contributed by atoms with Crippen LogP contribution in [-0.2, 0) is 17.8 Å². The van der Waals surface area contributed by atoms with Crippen LogP contribution >= 0.6 is 0 Å². The molecule has 0 amide bonds. The summed E-state index contributed by atoms with van der Waals surface area (Å²) in [5.74, 6) is 0. The number of ether oxygens (including phenoxy) is 1. The summed E-state index contributed by atoms with van der Waals surface area (Å²) in [6.45, 7) is 6.88. The fourth-order valence-electron chi connectivity index (χ4n) is 1.47. The van der Waals surface area contributed by atoms with Gasteiger partial charge in [0, 0.05) is 39.0 Å². The van der Waals surface area contributed by atoms with Crippen molar-refractivity contribution >= 4 is 0 Å². The molecule has 0 aromatic carbocycles. The maximum absolute atomic E-state index is 5.04. The fraction of sp³-hybridized carbons (Fsp3) is 0.727. The van der Waals surface area contributed by atoms with Crippen molar-refractivity contribution < 1.29 is 4.74 Å². The third kappa shape index (κ3) is 4.01.